The molecule has 7 heteroatoms. The first-order valence-corrected chi connectivity index (χ1v) is 7.05. The molecule has 3 aromatic rings. The maximum Gasteiger partial charge on any atom is 0.229 e. The molecule has 0 aliphatic heterocycles. The van der Waals surface area contributed by atoms with Gasteiger partial charge in [0.05, 0.1) is 14.2 Å². The molecule has 1 aromatic carbocycles. The van der Waals surface area contributed by atoms with Crippen molar-refractivity contribution in [2.75, 3.05) is 26.6 Å². The predicted octanol–water partition coefficient (Wildman–Crippen LogP) is 2.39. The van der Waals surface area contributed by atoms with Crippen LogP contribution in [0.5, 0.6) is 11.5 Å². The van der Waals surface area contributed by atoms with Crippen LogP contribution in [-0.4, -0.2) is 41.0 Å². The fourth-order valence-electron chi connectivity index (χ4n) is 2.39. The van der Waals surface area contributed by atoms with E-state index in [1.165, 1.54) is 0 Å². The summed E-state index contributed by atoms with van der Waals surface area (Å²) in [7, 11) is 5.02. The maximum absolute atomic E-state index is 5.50. The van der Waals surface area contributed by atoms with Gasteiger partial charge in [-0.15, -0.1) is 10.2 Å². The minimum atomic E-state index is 0.576. The first kappa shape index (κ1) is 14.8. The number of anilines is 1. The van der Waals surface area contributed by atoms with Gasteiger partial charge in [-0.1, -0.05) is 6.07 Å². The molecule has 0 unspecified atom stereocenters. The van der Waals surface area contributed by atoms with Gasteiger partial charge in [-0.05, 0) is 24.3 Å². The zero-order valence-corrected chi connectivity index (χ0v) is 13.1. The lowest BCUT2D eigenvalue weighted by atomic mass is 10.2. The summed E-state index contributed by atoms with van der Waals surface area (Å²) in [6, 6.07) is 9.38. The van der Waals surface area contributed by atoms with Crippen molar-refractivity contribution in [2.24, 2.45) is 0 Å². The van der Waals surface area contributed by atoms with Gasteiger partial charge in [-0.2, -0.15) is 0 Å². The highest BCUT2D eigenvalue weighted by Gasteiger charge is 2.21. The van der Waals surface area contributed by atoms with Crippen LogP contribution in [0, 0.1) is 0 Å². The van der Waals surface area contributed by atoms with Crippen molar-refractivity contribution in [2.45, 2.75) is 0 Å². The fraction of sp³-hybridized carbons (Fsp3) is 0.188. The summed E-state index contributed by atoms with van der Waals surface area (Å²) in [6.45, 7) is 0. The van der Waals surface area contributed by atoms with E-state index in [1.807, 2.05) is 34.9 Å². The molecule has 7 nitrogen and oxygen atoms in total. The van der Waals surface area contributed by atoms with Crippen molar-refractivity contribution in [3.05, 3.63) is 42.7 Å². The van der Waals surface area contributed by atoms with E-state index < -0.39 is 0 Å². The summed E-state index contributed by atoms with van der Waals surface area (Å²) in [4.78, 5) is 4.15. The lowest BCUT2D eigenvalue weighted by Gasteiger charge is -2.16. The molecular weight excluding hydrogens is 294 g/mol. The van der Waals surface area contributed by atoms with Crippen LogP contribution in [0.1, 0.15) is 0 Å². The van der Waals surface area contributed by atoms with Gasteiger partial charge in [0.1, 0.15) is 17.2 Å². The SMILES string of the molecule is CNc1nnc(-c2cccnc2)n1-c1c(OC)cccc1OC. The number of hydrogen-bond acceptors (Lipinski definition) is 6. The minimum absolute atomic E-state index is 0.576. The highest BCUT2D eigenvalue weighted by atomic mass is 16.5. The Morgan fingerprint density at radius 1 is 1.00 bits per heavy atom. The molecule has 0 amide bonds. The van der Waals surface area contributed by atoms with Crippen molar-refractivity contribution < 1.29 is 9.47 Å². The molecule has 2 heterocycles. The lowest BCUT2D eigenvalue weighted by molar-refractivity contribution is 0.391. The molecule has 0 saturated heterocycles. The second-order valence-electron chi connectivity index (χ2n) is 4.69. The molecule has 0 aliphatic carbocycles. The third-order valence-corrected chi connectivity index (χ3v) is 3.43. The molecule has 23 heavy (non-hydrogen) atoms. The van der Waals surface area contributed by atoms with Crippen molar-refractivity contribution in [1.29, 1.82) is 0 Å². The molecule has 0 aliphatic rings. The van der Waals surface area contributed by atoms with Gasteiger partial charge in [0.2, 0.25) is 5.95 Å². The van der Waals surface area contributed by atoms with Crippen LogP contribution in [0.4, 0.5) is 5.95 Å². The quantitative estimate of drug-likeness (QED) is 0.780. The van der Waals surface area contributed by atoms with Gasteiger partial charge in [-0.25, -0.2) is 0 Å². The zero-order valence-electron chi connectivity index (χ0n) is 13.1. The summed E-state index contributed by atoms with van der Waals surface area (Å²) in [5, 5.41) is 11.5. The Bertz CT molecular complexity index is 779. The van der Waals surface area contributed by atoms with Crippen LogP contribution in [0.3, 0.4) is 0 Å². The summed E-state index contributed by atoms with van der Waals surface area (Å²) in [5.41, 5.74) is 1.57. The third kappa shape index (κ3) is 2.57. The topological polar surface area (TPSA) is 74.1 Å². The number of benzene rings is 1. The van der Waals surface area contributed by atoms with Crippen LogP contribution < -0.4 is 14.8 Å². The molecule has 0 fully saturated rings. The van der Waals surface area contributed by atoms with Crippen LogP contribution in [-0.2, 0) is 0 Å². The van der Waals surface area contributed by atoms with Crippen LogP contribution in [0.2, 0.25) is 0 Å². The summed E-state index contributed by atoms with van der Waals surface area (Å²) >= 11 is 0. The number of para-hydroxylation sites is 1. The first-order valence-electron chi connectivity index (χ1n) is 7.05. The van der Waals surface area contributed by atoms with Crippen LogP contribution in [0.25, 0.3) is 17.1 Å². The summed E-state index contributed by atoms with van der Waals surface area (Å²) < 4.78 is 12.9. The van der Waals surface area contributed by atoms with Gasteiger partial charge < -0.3 is 14.8 Å². The second kappa shape index (κ2) is 6.35. The Hall–Kier alpha value is -3.09. The second-order valence-corrected chi connectivity index (χ2v) is 4.69. The van der Waals surface area contributed by atoms with Crippen molar-refractivity contribution >= 4 is 5.95 Å². The van der Waals surface area contributed by atoms with Crippen LogP contribution >= 0.6 is 0 Å². The molecule has 0 atom stereocenters. The van der Waals surface area contributed by atoms with E-state index >= 15 is 0 Å². The number of aromatic nitrogens is 4. The Kier molecular flexibility index (Phi) is 4.09. The number of methoxy groups -OCH3 is 2. The van der Waals surface area contributed by atoms with Gasteiger partial charge in [0, 0.05) is 25.0 Å². The molecule has 2 aromatic heterocycles. The van der Waals surface area contributed by atoms with E-state index in [4.69, 9.17) is 9.47 Å². The van der Waals surface area contributed by atoms with E-state index in [2.05, 4.69) is 20.5 Å². The highest BCUT2D eigenvalue weighted by molar-refractivity contribution is 5.67. The Balaban J connectivity index is 2.31. The third-order valence-electron chi connectivity index (χ3n) is 3.43. The van der Waals surface area contributed by atoms with E-state index in [0.717, 1.165) is 11.3 Å². The number of nitrogens with one attached hydrogen (secondary N) is 1. The summed E-state index contributed by atoms with van der Waals surface area (Å²) in [5.74, 6) is 2.54. The molecule has 0 saturated carbocycles. The number of pyridine rings is 1. The van der Waals surface area contributed by atoms with E-state index in [9.17, 15) is 0 Å². The Morgan fingerprint density at radius 3 is 2.30 bits per heavy atom. The molecule has 118 valence electrons. The standard InChI is InChI=1S/C16H17N5O2/c1-17-16-20-19-15(11-6-5-9-18-10-11)21(16)14-12(22-2)7-4-8-13(14)23-3/h4-10H,1-3H3,(H,17,20). The first-order chi connectivity index (χ1) is 11.3. The normalized spacial score (nSPS) is 10.4. The number of rotatable bonds is 5. The minimum Gasteiger partial charge on any atom is -0.494 e. The molecule has 3 rings (SSSR count). The van der Waals surface area contributed by atoms with Gasteiger partial charge >= 0.3 is 0 Å². The maximum atomic E-state index is 5.50. The smallest absolute Gasteiger partial charge is 0.229 e. The summed E-state index contributed by atoms with van der Waals surface area (Å²) in [6.07, 6.45) is 3.45. The predicted molar refractivity (Wildman–Crippen MR) is 87.2 cm³/mol. The van der Waals surface area contributed by atoms with Crippen LogP contribution in [0.15, 0.2) is 42.7 Å². The van der Waals surface area contributed by atoms with Gasteiger partial charge in [0.25, 0.3) is 0 Å². The average molecular weight is 311 g/mol. The highest BCUT2D eigenvalue weighted by Crippen LogP contribution is 2.37. The van der Waals surface area contributed by atoms with Crippen molar-refractivity contribution in [3.63, 3.8) is 0 Å². The monoisotopic (exact) mass is 311 g/mol. The van der Waals surface area contributed by atoms with Gasteiger partial charge in [-0.3, -0.25) is 9.55 Å². The number of nitrogens with zero attached hydrogens (tertiary/aromatic N) is 4. The lowest BCUT2D eigenvalue weighted by Crippen LogP contribution is -2.07. The fourth-order valence-corrected chi connectivity index (χ4v) is 2.39. The molecule has 0 bridgehead atoms. The number of hydrogen-bond donors (Lipinski definition) is 1. The number of ether oxygens (including phenoxy) is 2. The Morgan fingerprint density at radius 2 is 1.74 bits per heavy atom. The molecule has 1 N–H and O–H groups in total. The van der Waals surface area contributed by atoms with E-state index in [0.29, 0.717) is 23.3 Å². The van der Waals surface area contributed by atoms with E-state index in [-0.39, 0.29) is 0 Å². The average Bonchev–Trinajstić information content (AvgIpc) is 3.05. The zero-order chi connectivity index (χ0) is 16.2. The molecule has 0 spiro atoms. The molecule has 0 radical (unpaired) electrons. The molecular formula is C16H17N5O2. The van der Waals surface area contributed by atoms with Gasteiger partial charge in [0.15, 0.2) is 5.82 Å². The largest absolute Gasteiger partial charge is 0.494 e. The van der Waals surface area contributed by atoms with Crippen molar-refractivity contribution in [3.8, 4) is 28.6 Å². The Labute approximate surface area is 133 Å². The van der Waals surface area contributed by atoms with Crippen molar-refractivity contribution in [1.82, 2.24) is 19.7 Å². The van der Waals surface area contributed by atoms with E-state index in [1.54, 1.807) is 33.7 Å².